The summed E-state index contributed by atoms with van der Waals surface area (Å²) in [6, 6.07) is 21.6. The summed E-state index contributed by atoms with van der Waals surface area (Å²) in [5.74, 6) is 0.560. The van der Waals surface area contributed by atoms with Crippen molar-refractivity contribution in [3.8, 4) is 11.1 Å². The van der Waals surface area contributed by atoms with Crippen LogP contribution in [0.5, 0.6) is 0 Å². The molecule has 164 valence electrons. The summed E-state index contributed by atoms with van der Waals surface area (Å²) in [4.78, 5) is 0. The topological polar surface area (TPSA) is 0 Å². The van der Waals surface area contributed by atoms with Crippen molar-refractivity contribution >= 4 is 50.2 Å². The van der Waals surface area contributed by atoms with E-state index >= 15 is 0 Å². The number of benzene rings is 2. The Bertz CT molecular complexity index is 1040. The third-order valence-corrected chi connectivity index (χ3v) is 5.22. The van der Waals surface area contributed by atoms with Gasteiger partial charge in [0.15, 0.2) is 0 Å². The van der Waals surface area contributed by atoms with Crippen LogP contribution in [-0.2, 0) is 23.3 Å². The zero-order valence-corrected chi connectivity index (χ0v) is 26.6. The standard InChI is InChI=1S/C16H13.C9H13.C2H6Si.2BrH.Zr/c1-12-10-14-8-5-9-15(16(14)11-12)13-6-3-2-4-7-13;1-6-5-7(2)9(4)8(6)3;1-3-2;;;/h2-11H,1H3;6H,1-4H3;1-2H3;2*1H;/q2*-1;;;;+2. The molecule has 0 fully saturated rings. The average molecular weight is 638 g/mol. The molecule has 4 rings (SSSR count). The van der Waals surface area contributed by atoms with Crippen LogP contribution < -0.4 is 0 Å². The molecule has 0 spiro atoms. The smallest absolute Gasteiger partial charge is 0.0279 e. The molecule has 0 radical (unpaired) electrons. The van der Waals surface area contributed by atoms with Crippen molar-refractivity contribution < 1.29 is 23.3 Å². The molecule has 3 aromatic rings. The van der Waals surface area contributed by atoms with Gasteiger partial charge >= 0.3 is 41.9 Å². The molecule has 0 saturated heterocycles. The number of hydrogen-bond donors (Lipinski definition) is 0. The number of rotatable bonds is 1. The number of allylic oxidation sites excluding steroid dienone is 4. The van der Waals surface area contributed by atoms with E-state index in [0.717, 1.165) is 0 Å². The minimum atomic E-state index is 0. The maximum absolute atomic E-state index is 3.36. The van der Waals surface area contributed by atoms with E-state index in [0.29, 0.717) is 5.92 Å². The summed E-state index contributed by atoms with van der Waals surface area (Å²) in [6.07, 6.45) is 3.36. The molecule has 0 amide bonds. The van der Waals surface area contributed by atoms with E-state index in [9.17, 15) is 0 Å². The van der Waals surface area contributed by atoms with Gasteiger partial charge < -0.3 is 0 Å². The molecule has 1 atom stereocenters. The first kappa shape index (κ1) is 30.6. The first-order chi connectivity index (χ1) is 13.7. The Balaban J connectivity index is 0.000000516. The van der Waals surface area contributed by atoms with Gasteiger partial charge in [0.25, 0.3) is 0 Å². The van der Waals surface area contributed by atoms with Gasteiger partial charge in [-0.25, -0.2) is 5.57 Å². The van der Waals surface area contributed by atoms with Crippen LogP contribution in [-0.4, -0.2) is 5.43 Å². The van der Waals surface area contributed by atoms with Crippen molar-refractivity contribution in [2.24, 2.45) is 5.92 Å². The van der Waals surface area contributed by atoms with Crippen molar-refractivity contribution in [1.29, 1.82) is 0 Å². The third kappa shape index (κ3) is 9.16. The predicted octanol–water partition coefficient (Wildman–Crippen LogP) is 9.20. The van der Waals surface area contributed by atoms with Gasteiger partial charge in [0.1, 0.15) is 0 Å². The van der Waals surface area contributed by atoms with E-state index in [-0.39, 0.29) is 39.4 Å². The fourth-order valence-corrected chi connectivity index (χ4v) is 3.42. The van der Waals surface area contributed by atoms with Crippen molar-refractivity contribution in [2.75, 3.05) is 0 Å². The van der Waals surface area contributed by atoms with Crippen LogP contribution in [0.3, 0.4) is 0 Å². The maximum atomic E-state index is 3.36. The molecule has 31 heavy (non-hydrogen) atoms. The second-order valence-electron chi connectivity index (χ2n) is 8.01. The van der Waals surface area contributed by atoms with Crippen LogP contribution in [0.1, 0.15) is 33.3 Å². The summed E-state index contributed by atoms with van der Waals surface area (Å²) in [7, 11) is 0. The fourth-order valence-electron chi connectivity index (χ4n) is 3.42. The molecule has 0 N–H and O–H groups in total. The molecular weight excluding hydrogens is 603 g/mol. The SMILES string of the molecule is Br.Br.CC1=[C-]C(C)C(C)=C1C.C[Si](C)=[Zr+2].Cc1cc2c(-c3ccccc3)cccc2[cH-]1. The zero-order valence-electron chi connectivity index (χ0n) is 19.7. The van der Waals surface area contributed by atoms with Crippen LogP contribution >= 0.6 is 34.0 Å². The van der Waals surface area contributed by atoms with Crippen molar-refractivity contribution in [2.45, 2.75) is 47.7 Å². The second kappa shape index (κ2) is 14.7. The van der Waals surface area contributed by atoms with Gasteiger partial charge in [0.2, 0.25) is 0 Å². The summed E-state index contributed by atoms with van der Waals surface area (Å²) in [6.45, 7) is 15.4. The molecular formula is C27H34Br2SiZr. The monoisotopic (exact) mass is 634 g/mol. The number of halogens is 2. The first-order valence-electron chi connectivity index (χ1n) is 10.2. The largest absolute Gasteiger partial charge is 0.165 e. The Kier molecular flexibility index (Phi) is 14.5. The summed E-state index contributed by atoms with van der Waals surface area (Å²) in [5, 5.41) is 2.69. The van der Waals surface area contributed by atoms with E-state index in [1.165, 1.54) is 44.2 Å². The van der Waals surface area contributed by atoms with E-state index in [1.807, 2.05) is 0 Å². The van der Waals surface area contributed by atoms with Gasteiger partial charge in [0, 0.05) is 0 Å². The van der Waals surface area contributed by atoms with Gasteiger partial charge in [-0.2, -0.15) is 17.2 Å². The number of fused-ring (bicyclic) bond motifs is 1. The maximum Gasteiger partial charge on any atom is -0.0279 e. The zero-order chi connectivity index (χ0) is 21.6. The van der Waals surface area contributed by atoms with E-state index in [2.05, 4.69) is 114 Å². The van der Waals surface area contributed by atoms with Gasteiger partial charge in [-0.1, -0.05) is 75.6 Å². The van der Waals surface area contributed by atoms with Crippen LogP contribution in [0.15, 0.2) is 77.4 Å². The minimum Gasteiger partial charge on any atom is -0.165 e. The van der Waals surface area contributed by atoms with Crippen molar-refractivity contribution in [3.05, 3.63) is 89.0 Å². The van der Waals surface area contributed by atoms with E-state index in [4.69, 9.17) is 0 Å². The van der Waals surface area contributed by atoms with Crippen LogP contribution in [0.25, 0.3) is 21.9 Å². The molecule has 1 aliphatic carbocycles. The van der Waals surface area contributed by atoms with E-state index < -0.39 is 0 Å². The Morgan fingerprint density at radius 2 is 1.48 bits per heavy atom. The molecule has 0 aliphatic heterocycles. The summed E-state index contributed by atoms with van der Waals surface area (Å²) < 4.78 is 0. The summed E-state index contributed by atoms with van der Waals surface area (Å²) in [5.41, 5.74) is 8.40. The predicted molar refractivity (Wildman–Crippen MR) is 148 cm³/mol. The molecule has 0 nitrogen and oxygen atoms in total. The van der Waals surface area contributed by atoms with Gasteiger partial charge in [0.05, 0.1) is 0 Å². The van der Waals surface area contributed by atoms with Gasteiger partial charge in [-0.3, -0.25) is 6.08 Å². The Labute approximate surface area is 225 Å². The molecule has 0 heterocycles. The molecule has 0 aromatic heterocycles. The number of hydrogen-bond acceptors (Lipinski definition) is 0. The molecule has 0 bridgehead atoms. The Morgan fingerprint density at radius 3 is 1.94 bits per heavy atom. The van der Waals surface area contributed by atoms with Crippen LogP contribution in [0, 0.1) is 18.9 Å². The number of aryl methyl sites for hydroxylation is 1. The quantitative estimate of drug-likeness (QED) is 0.184. The summed E-state index contributed by atoms with van der Waals surface area (Å²) >= 11 is 1.74. The van der Waals surface area contributed by atoms with Crippen LogP contribution in [0.4, 0.5) is 0 Å². The third-order valence-electron chi connectivity index (χ3n) is 5.22. The fraction of sp³-hybridized carbons (Fsp3) is 0.296. The molecule has 0 saturated carbocycles. The normalized spacial score (nSPS) is 14.4. The van der Waals surface area contributed by atoms with Crippen molar-refractivity contribution in [3.63, 3.8) is 0 Å². The second-order valence-corrected chi connectivity index (χ2v) is 17.4. The Morgan fingerprint density at radius 1 is 0.903 bits per heavy atom. The molecule has 3 aromatic carbocycles. The van der Waals surface area contributed by atoms with Gasteiger partial charge in [-0.15, -0.1) is 75.4 Å². The molecule has 1 aliphatic rings. The average Bonchev–Trinajstić information content (AvgIpc) is 3.16. The van der Waals surface area contributed by atoms with Crippen molar-refractivity contribution in [1.82, 2.24) is 0 Å². The van der Waals surface area contributed by atoms with Gasteiger partial charge in [-0.05, 0) is 5.56 Å². The minimum absolute atomic E-state index is 0. The Hall–Kier alpha value is -0.410. The molecule has 1 unspecified atom stereocenters. The molecule has 4 heteroatoms. The van der Waals surface area contributed by atoms with E-state index in [1.54, 1.807) is 23.3 Å². The first-order valence-corrected chi connectivity index (χ1v) is 16.4. The van der Waals surface area contributed by atoms with Crippen LogP contribution in [0.2, 0.25) is 13.1 Å².